The number of aromatic amines is 1. The highest BCUT2D eigenvalue weighted by molar-refractivity contribution is 5.63. The molecule has 3 aromatic heterocycles. The molecule has 0 spiro atoms. The fraction of sp³-hybridized carbons (Fsp3) is 0.150. The maximum absolute atomic E-state index is 14.0. The zero-order valence-corrected chi connectivity index (χ0v) is 16.2. The van der Waals surface area contributed by atoms with Gasteiger partial charge in [0.05, 0.1) is 11.7 Å². The molecule has 0 saturated heterocycles. The van der Waals surface area contributed by atoms with E-state index in [9.17, 15) is 8.78 Å². The monoisotopic (exact) mass is 408 g/mol. The van der Waals surface area contributed by atoms with Crippen LogP contribution in [0.5, 0.6) is 0 Å². The van der Waals surface area contributed by atoms with Crippen LogP contribution in [0.2, 0.25) is 0 Å². The third-order valence-electron chi connectivity index (χ3n) is 4.33. The second-order valence-electron chi connectivity index (χ2n) is 6.59. The van der Waals surface area contributed by atoms with E-state index in [1.807, 2.05) is 18.2 Å². The van der Waals surface area contributed by atoms with Crippen LogP contribution < -0.4 is 10.6 Å². The summed E-state index contributed by atoms with van der Waals surface area (Å²) in [6, 6.07) is 8.50. The number of rotatable bonds is 6. The Morgan fingerprint density at radius 2 is 1.73 bits per heavy atom. The summed E-state index contributed by atoms with van der Waals surface area (Å²) in [6.07, 6.45) is 3.39. The molecule has 0 aliphatic heterocycles. The lowest BCUT2D eigenvalue weighted by Gasteiger charge is -2.15. The van der Waals surface area contributed by atoms with Crippen LogP contribution in [0.1, 0.15) is 24.4 Å². The Balaban J connectivity index is 1.51. The SMILES string of the molecule is Cc1nc(Nc2cc(-c3ccncc3)[nH]n2)nc(NC(C)c2ccc(F)cc2F)n1. The summed E-state index contributed by atoms with van der Waals surface area (Å²) in [7, 11) is 0. The van der Waals surface area contributed by atoms with Crippen LogP contribution in [0.3, 0.4) is 0 Å². The Morgan fingerprint density at radius 3 is 2.50 bits per heavy atom. The molecule has 152 valence electrons. The minimum absolute atomic E-state index is 0.256. The number of H-pyrrole nitrogens is 1. The van der Waals surface area contributed by atoms with E-state index in [4.69, 9.17) is 0 Å². The molecule has 0 radical (unpaired) electrons. The van der Waals surface area contributed by atoms with E-state index >= 15 is 0 Å². The summed E-state index contributed by atoms with van der Waals surface area (Å²) in [5, 5.41) is 13.2. The fourth-order valence-electron chi connectivity index (χ4n) is 2.91. The molecule has 3 N–H and O–H groups in total. The van der Waals surface area contributed by atoms with Crippen LogP contribution in [-0.2, 0) is 0 Å². The van der Waals surface area contributed by atoms with Gasteiger partial charge in [0.1, 0.15) is 17.5 Å². The highest BCUT2D eigenvalue weighted by Gasteiger charge is 2.14. The van der Waals surface area contributed by atoms with Crippen molar-refractivity contribution in [3.05, 3.63) is 71.8 Å². The zero-order valence-electron chi connectivity index (χ0n) is 16.2. The lowest BCUT2D eigenvalue weighted by atomic mass is 10.1. The van der Waals surface area contributed by atoms with Crippen LogP contribution in [-0.4, -0.2) is 30.1 Å². The van der Waals surface area contributed by atoms with Crippen molar-refractivity contribution < 1.29 is 8.78 Å². The van der Waals surface area contributed by atoms with E-state index in [-0.39, 0.29) is 11.9 Å². The molecule has 10 heteroatoms. The van der Waals surface area contributed by atoms with Gasteiger partial charge in [-0.05, 0) is 32.0 Å². The molecule has 0 aliphatic rings. The van der Waals surface area contributed by atoms with Crippen LogP contribution in [0.25, 0.3) is 11.3 Å². The highest BCUT2D eigenvalue weighted by atomic mass is 19.1. The molecular formula is C20H18F2N8. The van der Waals surface area contributed by atoms with Crippen molar-refractivity contribution in [2.24, 2.45) is 0 Å². The molecule has 4 rings (SSSR count). The van der Waals surface area contributed by atoms with Crippen molar-refractivity contribution in [2.45, 2.75) is 19.9 Å². The second kappa shape index (κ2) is 8.19. The third kappa shape index (κ3) is 4.37. The molecule has 0 fully saturated rings. The lowest BCUT2D eigenvalue weighted by molar-refractivity contribution is 0.566. The maximum atomic E-state index is 14.0. The summed E-state index contributed by atoms with van der Waals surface area (Å²) in [4.78, 5) is 16.8. The van der Waals surface area contributed by atoms with Crippen molar-refractivity contribution in [2.75, 3.05) is 10.6 Å². The number of hydrogen-bond acceptors (Lipinski definition) is 7. The summed E-state index contributed by atoms with van der Waals surface area (Å²) >= 11 is 0. The van der Waals surface area contributed by atoms with Gasteiger partial charge in [0.15, 0.2) is 5.82 Å². The topological polar surface area (TPSA) is 104 Å². The Bertz CT molecular complexity index is 1160. The van der Waals surface area contributed by atoms with E-state index in [1.165, 1.54) is 12.1 Å². The Hall–Kier alpha value is -3.95. The molecule has 0 bridgehead atoms. The molecule has 8 nitrogen and oxygen atoms in total. The average molecular weight is 408 g/mol. The van der Waals surface area contributed by atoms with Crippen molar-refractivity contribution in [1.29, 1.82) is 0 Å². The van der Waals surface area contributed by atoms with Crippen LogP contribution in [0.4, 0.5) is 26.5 Å². The largest absolute Gasteiger partial charge is 0.347 e. The van der Waals surface area contributed by atoms with E-state index < -0.39 is 17.7 Å². The predicted octanol–water partition coefficient (Wildman–Crippen LogP) is 4.16. The van der Waals surface area contributed by atoms with Gasteiger partial charge in [-0.3, -0.25) is 10.1 Å². The minimum atomic E-state index is -0.640. The van der Waals surface area contributed by atoms with Crippen molar-refractivity contribution in [1.82, 2.24) is 30.1 Å². The van der Waals surface area contributed by atoms with Crippen molar-refractivity contribution in [3.63, 3.8) is 0 Å². The van der Waals surface area contributed by atoms with Gasteiger partial charge in [0.25, 0.3) is 0 Å². The summed E-state index contributed by atoms with van der Waals surface area (Å²) in [5.74, 6) is 0.258. The molecule has 3 heterocycles. The second-order valence-corrected chi connectivity index (χ2v) is 6.59. The number of hydrogen-bond donors (Lipinski definition) is 3. The molecule has 4 aromatic rings. The molecule has 30 heavy (non-hydrogen) atoms. The van der Waals surface area contributed by atoms with Crippen molar-refractivity contribution >= 4 is 17.7 Å². The van der Waals surface area contributed by atoms with E-state index in [0.717, 1.165) is 17.3 Å². The highest BCUT2D eigenvalue weighted by Crippen LogP contribution is 2.23. The van der Waals surface area contributed by atoms with Gasteiger partial charge in [0.2, 0.25) is 11.9 Å². The van der Waals surface area contributed by atoms with E-state index in [0.29, 0.717) is 17.2 Å². The Kier molecular flexibility index (Phi) is 5.29. The molecule has 1 unspecified atom stereocenters. The number of halogens is 2. The Morgan fingerprint density at radius 1 is 0.967 bits per heavy atom. The molecule has 1 aromatic carbocycles. The van der Waals surface area contributed by atoms with Gasteiger partial charge in [0, 0.05) is 35.7 Å². The lowest BCUT2D eigenvalue weighted by Crippen LogP contribution is -2.13. The summed E-state index contributed by atoms with van der Waals surface area (Å²) in [6.45, 7) is 3.45. The fourth-order valence-corrected chi connectivity index (χ4v) is 2.91. The average Bonchev–Trinajstić information content (AvgIpc) is 3.16. The third-order valence-corrected chi connectivity index (χ3v) is 4.33. The van der Waals surface area contributed by atoms with Gasteiger partial charge < -0.3 is 10.6 Å². The number of benzene rings is 1. The molecule has 0 saturated carbocycles. The first kappa shape index (κ1) is 19.4. The van der Waals surface area contributed by atoms with Gasteiger partial charge in [-0.1, -0.05) is 6.07 Å². The van der Waals surface area contributed by atoms with Gasteiger partial charge in [-0.25, -0.2) is 8.78 Å². The first-order valence-electron chi connectivity index (χ1n) is 9.15. The van der Waals surface area contributed by atoms with Crippen LogP contribution in [0.15, 0.2) is 48.8 Å². The zero-order chi connectivity index (χ0) is 21.1. The Labute approximate surface area is 170 Å². The summed E-state index contributed by atoms with van der Waals surface area (Å²) < 4.78 is 27.2. The first-order valence-corrected chi connectivity index (χ1v) is 9.15. The quantitative estimate of drug-likeness (QED) is 0.440. The van der Waals surface area contributed by atoms with Gasteiger partial charge >= 0.3 is 0 Å². The van der Waals surface area contributed by atoms with E-state index in [1.54, 1.807) is 26.2 Å². The van der Waals surface area contributed by atoms with Crippen molar-refractivity contribution in [3.8, 4) is 11.3 Å². The molecule has 0 amide bonds. The normalized spacial score (nSPS) is 11.9. The van der Waals surface area contributed by atoms with Crippen LogP contribution in [0, 0.1) is 18.6 Å². The number of nitrogens with zero attached hydrogens (tertiary/aromatic N) is 5. The molecular weight excluding hydrogens is 390 g/mol. The number of pyridine rings is 1. The minimum Gasteiger partial charge on any atom is -0.347 e. The standard InChI is InChI=1S/C20H18F2N8/c1-11(15-4-3-14(21)9-16(15)22)24-19-25-12(2)26-20(28-19)27-18-10-17(29-30-18)13-5-7-23-8-6-13/h3-11H,1-2H3,(H3,24,25,26,27,28,29,30). The number of nitrogens with one attached hydrogen (secondary N) is 3. The van der Waals surface area contributed by atoms with Gasteiger partial charge in [-0.2, -0.15) is 20.1 Å². The number of aromatic nitrogens is 6. The maximum Gasteiger partial charge on any atom is 0.233 e. The number of anilines is 3. The first-order chi connectivity index (χ1) is 14.5. The van der Waals surface area contributed by atoms with Crippen LogP contribution >= 0.6 is 0 Å². The van der Waals surface area contributed by atoms with Gasteiger partial charge in [-0.15, -0.1) is 0 Å². The van der Waals surface area contributed by atoms with E-state index in [2.05, 4.69) is 40.8 Å². The molecule has 0 aliphatic carbocycles. The summed E-state index contributed by atoms with van der Waals surface area (Å²) in [5.41, 5.74) is 2.05. The number of aryl methyl sites for hydroxylation is 1. The molecule has 1 atom stereocenters. The smallest absolute Gasteiger partial charge is 0.233 e. The predicted molar refractivity (Wildman–Crippen MR) is 108 cm³/mol.